The van der Waals surface area contributed by atoms with Crippen molar-refractivity contribution in [2.75, 3.05) is 17.7 Å². The Morgan fingerprint density at radius 2 is 1.97 bits per heavy atom. The van der Waals surface area contributed by atoms with E-state index in [2.05, 4.69) is 26.8 Å². The number of hydrogen-bond donors (Lipinski definition) is 1. The zero-order valence-corrected chi connectivity index (χ0v) is 20.6. The average molecular weight is 508 g/mol. The van der Waals surface area contributed by atoms with Crippen LogP contribution in [0.1, 0.15) is 25.2 Å². The van der Waals surface area contributed by atoms with Gasteiger partial charge in [0, 0.05) is 25.2 Å². The molecule has 5 aromatic rings. The van der Waals surface area contributed by atoms with Gasteiger partial charge in [-0.1, -0.05) is 36.7 Å². The molecule has 0 radical (unpaired) electrons. The van der Waals surface area contributed by atoms with Gasteiger partial charge in [0.15, 0.2) is 5.82 Å². The van der Waals surface area contributed by atoms with E-state index in [4.69, 9.17) is 16.7 Å². The van der Waals surface area contributed by atoms with Gasteiger partial charge in [-0.05, 0) is 30.5 Å². The van der Waals surface area contributed by atoms with Crippen molar-refractivity contribution in [1.29, 1.82) is 0 Å². The fourth-order valence-corrected chi connectivity index (χ4v) is 5.90. The van der Waals surface area contributed by atoms with Crippen molar-refractivity contribution in [1.82, 2.24) is 29.1 Å². The normalized spacial score (nSPS) is 19.1. The molecule has 9 nitrogen and oxygen atoms in total. The maximum Gasteiger partial charge on any atom is 0.284 e. The van der Waals surface area contributed by atoms with Crippen molar-refractivity contribution in [2.45, 2.75) is 24.3 Å². The smallest absolute Gasteiger partial charge is 0.284 e. The lowest BCUT2D eigenvalue weighted by atomic mass is 10.1. The first-order valence-corrected chi connectivity index (χ1v) is 13.1. The fourth-order valence-electron chi connectivity index (χ4n) is 4.98. The molecule has 178 valence electrons. The number of fused-ring (bicyclic) bond motifs is 2. The third-order valence-electron chi connectivity index (χ3n) is 6.48. The van der Waals surface area contributed by atoms with Crippen LogP contribution < -0.4 is 10.5 Å². The number of anilines is 1. The Hall–Kier alpha value is -3.50. The molecule has 1 fully saturated rings. The number of aromatic amines is 1. The molecule has 0 saturated carbocycles. The molecule has 0 amide bonds. The zero-order valence-electron chi connectivity index (χ0n) is 19.1. The molecular weight excluding hydrogens is 486 g/mol. The lowest BCUT2D eigenvalue weighted by Crippen LogP contribution is -2.33. The monoisotopic (exact) mass is 507 g/mol. The average Bonchev–Trinajstić information content (AvgIpc) is 3.56. The third-order valence-corrected chi connectivity index (χ3v) is 7.73. The highest BCUT2D eigenvalue weighted by atomic mass is 35.5. The molecule has 4 aromatic heterocycles. The lowest BCUT2D eigenvalue weighted by Gasteiger charge is -2.27. The standard InChI is InChI=1S/C24H22ClN7O2S/c1-14-10-17(30(12-14)23-19-18(35(2)34)11-26-21(19)27-13-28-23)22-29-31-9-8-16(25)20(31)24(33)32(22)15-6-4-3-5-7-15/h3-9,11,13-14,17H,10,12H2,1-2H3,(H,26,27,28). The molecule has 1 N–H and O–H groups in total. The summed E-state index contributed by atoms with van der Waals surface area (Å²) in [5, 5.41) is 5.98. The minimum Gasteiger partial charge on any atom is -0.345 e. The van der Waals surface area contributed by atoms with Crippen molar-refractivity contribution >= 4 is 44.8 Å². The van der Waals surface area contributed by atoms with Crippen molar-refractivity contribution in [3.63, 3.8) is 0 Å². The van der Waals surface area contributed by atoms with Crippen LogP contribution in [0, 0.1) is 5.92 Å². The second-order valence-electron chi connectivity index (χ2n) is 8.83. The van der Waals surface area contributed by atoms with E-state index < -0.39 is 10.8 Å². The predicted molar refractivity (Wildman–Crippen MR) is 136 cm³/mol. The van der Waals surface area contributed by atoms with E-state index in [1.54, 1.807) is 33.8 Å². The number of rotatable bonds is 4. The first-order valence-electron chi connectivity index (χ1n) is 11.2. The van der Waals surface area contributed by atoms with Crippen molar-refractivity contribution in [3.8, 4) is 5.69 Å². The molecule has 1 aliphatic heterocycles. The molecular formula is C24H22ClN7O2S. The van der Waals surface area contributed by atoms with Gasteiger partial charge in [-0.25, -0.2) is 14.5 Å². The van der Waals surface area contributed by atoms with Crippen LogP contribution in [0.15, 0.2) is 64.8 Å². The molecule has 0 aliphatic carbocycles. The molecule has 5 heterocycles. The first kappa shape index (κ1) is 22.0. The first-order chi connectivity index (χ1) is 16.9. The Morgan fingerprint density at radius 1 is 1.17 bits per heavy atom. The summed E-state index contributed by atoms with van der Waals surface area (Å²) >= 11 is 6.36. The summed E-state index contributed by atoms with van der Waals surface area (Å²) in [4.78, 5) is 28.6. The van der Waals surface area contributed by atoms with E-state index >= 15 is 0 Å². The van der Waals surface area contributed by atoms with Gasteiger partial charge in [-0.2, -0.15) is 5.10 Å². The molecule has 3 unspecified atom stereocenters. The number of aromatic nitrogens is 6. The van der Waals surface area contributed by atoms with E-state index in [1.807, 2.05) is 30.3 Å². The molecule has 6 rings (SSSR count). The van der Waals surface area contributed by atoms with Crippen LogP contribution in [0.3, 0.4) is 0 Å². The number of benzene rings is 1. The molecule has 35 heavy (non-hydrogen) atoms. The Balaban J connectivity index is 1.62. The second kappa shape index (κ2) is 8.31. The minimum absolute atomic E-state index is 0.236. The minimum atomic E-state index is -1.23. The van der Waals surface area contributed by atoms with Crippen LogP contribution in [0.5, 0.6) is 0 Å². The third kappa shape index (κ3) is 3.47. The van der Waals surface area contributed by atoms with E-state index in [1.165, 1.54) is 6.33 Å². The molecule has 0 spiro atoms. The van der Waals surface area contributed by atoms with E-state index in [-0.39, 0.29) is 11.6 Å². The van der Waals surface area contributed by atoms with Gasteiger partial charge in [0.2, 0.25) is 0 Å². The molecule has 11 heteroatoms. The molecule has 0 bridgehead atoms. The molecule has 1 aromatic carbocycles. The van der Waals surface area contributed by atoms with Gasteiger partial charge >= 0.3 is 0 Å². The van der Waals surface area contributed by atoms with Gasteiger partial charge in [0.05, 0.1) is 37.8 Å². The lowest BCUT2D eigenvalue weighted by molar-refractivity contribution is 0.566. The maximum absolute atomic E-state index is 13.8. The number of halogens is 1. The van der Waals surface area contributed by atoms with E-state index in [0.717, 1.165) is 11.8 Å². The number of nitrogens with one attached hydrogen (secondary N) is 1. The quantitative estimate of drug-likeness (QED) is 0.397. The predicted octanol–water partition coefficient (Wildman–Crippen LogP) is 3.73. The van der Waals surface area contributed by atoms with E-state index in [0.29, 0.717) is 50.9 Å². The van der Waals surface area contributed by atoms with Gasteiger partial charge in [0.25, 0.3) is 5.56 Å². The molecule has 1 saturated heterocycles. The maximum atomic E-state index is 13.8. The Bertz CT molecular complexity index is 1660. The van der Waals surface area contributed by atoms with Crippen LogP contribution in [0.4, 0.5) is 5.82 Å². The molecule has 1 aliphatic rings. The Morgan fingerprint density at radius 3 is 2.74 bits per heavy atom. The number of H-pyrrole nitrogens is 1. The largest absolute Gasteiger partial charge is 0.345 e. The van der Waals surface area contributed by atoms with Crippen LogP contribution in [0.25, 0.3) is 22.2 Å². The highest BCUT2D eigenvalue weighted by Crippen LogP contribution is 2.41. The number of para-hydroxylation sites is 1. The van der Waals surface area contributed by atoms with Gasteiger partial charge in [-0.3, -0.25) is 13.6 Å². The second-order valence-corrected chi connectivity index (χ2v) is 10.6. The SMILES string of the molecule is CC1CC(c2nn3ccc(Cl)c3c(=O)n2-c2ccccc2)N(c2ncnc3[nH]cc(S(C)=O)c23)C1. The topological polar surface area (TPSA) is 101 Å². The molecule has 3 atom stereocenters. The number of nitrogens with zero attached hydrogens (tertiary/aromatic N) is 6. The highest BCUT2D eigenvalue weighted by Gasteiger charge is 2.37. The van der Waals surface area contributed by atoms with Gasteiger partial charge < -0.3 is 9.88 Å². The summed E-state index contributed by atoms with van der Waals surface area (Å²) in [6.45, 7) is 2.87. The van der Waals surface area contributed by atoms with Crippen LogP contribution in [-0.4, -0.2) is 46.1 Å². The van der Waals surface area contributed by atoms with Crippen LogP contribution in [0.2, 0.25) is 5.02 Å². The summed E-state index contributed by atoms with van der Waals surface area (Å²) < 4.78 is 15.7. The summed E-state index contributed by atoms with van der Waals surface area (Å²) in [5.74, 6) is 1.58. The van der Waals surface area contributed by atoms with Crippen LogP contribution in [-0.2, 0) is 10.8 Å². The van der Waals surface area contributed by atoms with Crippen molar-refractivity contribution < 1.29 is 4.21 Å². The van der Waals surface area contributed by atoms with E-state index in [9.17, 15) is 9.00 Å². The summed E-state index contributed by atoms with van der Waals surface area (Å²) in [6, 6.07) is 10.9. The van der Waals surface area contributed by atoms with Crippen molar-refractivity contribution in [3.05, 3.63) is 76.3 Å². The van der Waals surface area contributed by atoms with Gasteiger partial charge in [-0.15, -0.1) is 0 Å². The van der Waals surface area contributed by atoms with Crippen molar-refractivity contribution in [2.24, 2.45) is 5.92 Å². The Kier molecular flexibility index (Phi) is 5.23. The fraction of sp³-hybridized carbons (Fsp3) is 0.250. The summed E-state index contributed by atoms with van der Waals surface area (Å²) in [7, 11) is -1.23. The zero-order chi connectivity index (χ0) is 24.3. The summed E-state index contributed by atoms with van der Waals surface area (Å²) in [5.41, 5.74) is 1.43. The van der Waals surface area contributed by atoms with Gasteiger partial charge in [0.1, 0.15) is 23.3 Å². The Labute approximate surface area is 207 Å². The number of hydrogen-bond acceptors (Lipinski definition) is 6. The van der Waals surface area contributed by atoms with Crippen LogP contribution >= 0.6 is 11.6 Å². The highest BCUT2D eigenvalue weighted by molar-refractivity contribution is 7.84. The summed E-state index contributed by atoms with van der Waals surface area (Å²) in [6.07, 6.45) is 7.33.